The molecular weight excluding hydrogens is 459 g/mol. The first-order valence-electron chi connectivity index (χ1n) is 12.0. The van der Waals surface area contributed by atoms with Crippen LogP contribution in [0.2, 0.25) is 0 Å². The third kappa shape index (κ3) is 4.33. The van der Waals surface area contributed by atoms with E-state index < -0.39 is 0 Å². The first-order valence-corrected chi connectivity index (χ1v) is 12.0. The van der Waals surface area contributed by atoms with Crippen LogP contribution in [0.15, 0.2) is 72.8 Å². The monoisotopic (exact) mass is 495 g/mol. The predicted molar refractivity (Wildman–Crippen MR) is 147 cm³/mol. The van der Waals surface area contributed by atoms with E-state index >= 15 is 0 Å². The molecule has 35 heavy (non-hydrogen) atoms. The van der Waals surface area contributed by atoms with Crippen LogP contribution in [0.1, 0.15) is 66.6 Å². The molecule has 0 saturated heterocycles. The molecule has 0 spiro atoms. The van der Waals surface area contributed by atoms with E-state index in [1.807, 2.05) is 6.07 Å². The third-order valence-corrected chi connectivity index (χ3v) is 7.66. The molecule has 0 unspecified atom stereocenters. The molecule has 0 nitrogen and oxygen atoms in total. The Hall–Kier alpha value is -2.54. The van der Waals surface area contributed by atoms with Gasteiger partial charge in [0.2, 0.25) is 0 Å². The van der Waals surface area contributed by atoms with E-state index in [9.17, 15) is 0 Å². The minimum atomic E-state index is 0. The van der Waals surface area contributed by atoms with E-state index in [1.54, 1.807) is 0 Å². The van der Waals surface area contributed by atoms with E-state index in [0.717, 1.165) is 0 Å². The fourth-order valence-corrected chi connectivity index (χ4v) is 5.70. The Kier molecular flexibility index (Phi) is 7.34. The minimum Gasteiger partial charge on any atom is -0.358 e. The van der Waals surface area contributed by atoms with Crippen molar-refractivity contribution in [2.75, 3.05) is 0 Å². The summed E-state index contributed by atoms with van der Waals surface area (Å²) in [6.07, 6.45) is 0. The van der Waals surface area contributed by atoms with Crippen LogP contribution in [-0.2, 0) is 29.4 Å². The summed E-state index contributed by atoms with van der Waals surface area (Å²) in [4.78, 5) is 0. The van der Waals surface area contributed by atoms with E-state index in [2.05, 4.69) is 121 Å². The average molecular weight is 496 g/mol. The molecule has 2 aliphatic carbocycles. The van der Waals surface area contributed by atoms with Gasteiger partial charge in [-0.3, -0.25) is 0 Å². The summed E-state index contributed by atoms with van der Waals surface area (Å²) in [7, 11) is 0. The summed E-state index contributed by atoms with van der Waals surface area (Å²) in [5.74, 6) is 0. The molecule has 6 rings (SSSR count). The van der Waals surface area contributed by atoms with Crippen molar-refractivity contribution in [2.45, 2.75) is 59.3 Å². The van der Waals surface area contributed by atoms with Gasteiger partial charge in [-0.05, 0) is 59.6 Å². The molecule has 4 aromatic carbocycles. The molecule has 0 heterocycles. The molecule has 0 amide bonds. The zero-order chi connectivity index (χ0) is 23.5. The first-order chi connectivity index (χ1) is 15.6. The number of hydrogen-bond acceptors (Lipinski definition) is 0. The van der Waals surface area contributed by atoms with Gasteiger partial charge in [-0.1, -0.05) is 99.0 Å². The maximum atomic E-state index is 3.20. The Morgan fingerprint density at radius 3 is 1.26 bits per heavy atom. The molecule has 0 bridgehead atoms. The molecule has 0 fully saturated rings. The van der Waals surface area contributed by atoms with Crippen molar-refractivity contribution in [3.8, 4) is 22.3 Å². The molecule has 4 aromatic rings. The molecular formula is C34H36V. The molecule has 0 saturated carbocycles. The molecule has 0 aliphatic heterocycles. The number of hydrogen-bond donors (Lipinski definition) is 0. The zero-order valence-corrected chi connectivity index (χ0v) is 23.8. The van der Waals surface area contributed by atoms with Crippen molar-refractivity contribution < 1.29 is 18.6 Å². The van der Waals surface area contributed by atoms with E-state index in [1.165, 1.54) is 61.2 Å². The van der Waals surface area contributed by atoms with Gasteiger partial charge in [-0.25, -0.2) is 0 Å². The van der Waals surface area contributed by atoms with Crippen molar-refractivity contribution in [1.82, 2.24) is 0 Å². The van der Waals surface area contributed by atoms with Gasteiger partial charge in [0, 0.05) is 5.41 Å². The number of rotatable bonds is 0. The minimum absolute atomic E-state index is 0. The van der Waals surface area contributed by atoms with Crippen molar-refractivity contribution in [1.29, 1.82) is 0 Å². The van der Waals surface area contributed by atoms with Gasteiger partial charge in [-0.2, -0.15) is 24.3 Å². The van der Waals surface area contributed by atoms with Crippen molar-refractivity contribution in [3.63, 3.8) is 0 Å². The summed E-state index contributed by atoms with van der Waals surface area (Å²) in [5, 5.41) is 0. The normalized spacial score (nSPS) is 14.7. The Bertz CT molecular complexity index is 1330. The van der Waals surface area contributed by atoms with Crippen molar-refractivity contribution in [3.05, 3.63) is 125 Å². The van der Waals surface area contributed by atoms with E-state index in [0.29, 0.717) is 0 Å². The van der Waals surface area contributed by atoms with Gasteiger partial charge in [0.1, 0.15) is 0 Å². The number of aryl methyl sites for hydroxylation is 3. The molecule has 1 heteroatoms. The summed E-state index contributed by atoms with van der Waals surface area (Å²) in [5.41, 5.74) is 15.7. The van der Waals surface area contributed by atoms with Crippen LogP contribution >= 0.6 is 0 Å². The molecule has 0 N–H and O–H groups in total. The Morgan fingerprint density at radius 1 is 0.514 bits per heavy atom. The van der Waals surface area contributed by atoms with Gasteiger partial charge < -0.3 is 7.43 Å². The Morgan fingerprint density at radius 2 is 0.857 bits per heavy atom. The summed E-state index contributed by atoms with van der Waals surface area (Å²) >= 11 is 0. The van der Waals surface area contributed by atoms with Gasteiger partial charge in [-0.15, -0.1) is 11.1 Å². The van der Waals surface area contributed by atoms with Crippen LogP contribution < -0.4 is 0 Å². The Labute approximate surface area is 224 Å². The van der Waals surface area contributed by atoms with Crippen LogP contribution in [-0.4, -0.2) is 0 Å². The van der Waals surface area contributed by atoms with Crippen molar-refractivity contribution >= 4 is 0 Å². The number of fused-ring (bicyclic) bond motifs is 6. The van der Waals surface area contributed by atoms with Gasteiger partial charge in [0.25, 0.3) is 0 Å². The Balaban J connectivity index is 0.000000185. The first kappa shape index (κ1) is 27.1. The molecule has 177 valence electrons. The van der Waals surface area contributed by atoms with Crippen LogP contribution in [0.3, 0.4) is 0 Å². The molecule has 1 radical (unpaired) electrons. The summed E-state index contributed by atoms with van der Waals surface area (Å²) in [6, 6.07) is 29.9. The van der Waals surface area contributed by atoms with Gasteiger partial charge in [0.15, 0.2) is 0 Å². The SMILES string of the molecule is Cc1ccc2c(c1)C(C)(C)c1c[c-]ccc1-2.Cc1ccc2c(c1)C(C)(C)c1cc(C)ccc1-2.[CH3-].[V+2]. The molecule has 0 atom stereocenters. The van der Waals surface area contributed by atoms with Crippen LogP contribution in [0.4, 0.5) is 0 Å². The largest absolute Gasteiger partial charge is 2.00 e. The topological polar surface area (TPSA) is 0 Å². The van der Waals surface area contributed by atoms with E-state index in [4.69, 9.17) is 0 Å². The number of benzene rings is 4. The maximum Gasteiger partial charge on any atom is 2.00 e. The molecule has 0 aromatic heterocycles. The standard InChI is InChI=1S/C17H18.C16H15.CH3.V/c1-11-5-7-13-14-8-6-12(2)10-16(14)17(3,4)15(13)9-11;1-11-8-9-13-12-6-4-5-7-14(12)16(2,3)15(13)10-11;;/h5-10H,1-4H3;4,6-10H,1-3H3;1H3;/q;2*-1;+2. The fourth-order valence-electron chi connectivity index (χ4n) is 5.70. The van der Waals surface area contributed by atoms with Crippen LogP contribution in [0.25, 0.3) is 22.3 Å². The predicted octanol–water partition coefficient (Wildman–Crippen LogP) is 9.16. The van der Waals surface area contributed by atoms with E-state index in [-0.39, 0.29) is 36.8 Å². The van der Waals surface area contributed by atoms with Crippen molar-refractivity contribution in [2.24, 2.45) is 0 Å². The third-order valence-electron chi connectivity index (χ3n) is 7.66. The van der Waals surface area contributed by atoms with Crippen LogP contribution in [0, 0.1) is 34.3 Å². The smallest absolute Gasteiger partial charge is 0.358 e. The summed E-state index contributed by atoms with van der Waals surface area (Å²) < 4.78 is 0. The van der Waals surface area contributed by atoms with Gasteiger partial charge in [0.05, 0.1) is 0 Å². The molecule has 2 aliphatic rings. The second-order valence-electron chi connectivity index (χ2n) is 10.9. The average Bonchev–Trinajstić information content (AvgIpc) is 3.14. The summed E-state index contributed by atoms with van der Waals surface area (Å²) in [6.45, 7) is 15.8. The maximum absolute atomic E-state index is 3.20. The second kappa shape index (κ2) is 9.49. The second-order valence-corrected chi connectivity index (χ2v) is 10.9. The van der Waals surface area contributed by atoms with Gasteiger partial charge >= 0.3 is 18.6 Å². The zero-order valence-electron chi connectivity index (χ0n) is 22.4. The van der Waals surface area contributed by atoms with Crippen LogP contribution in [0.5, 0.6) is 0 Å². The quantitative estimate of drug-likeness (QED) is 0.213. The fraction of sp³-hybridized carbons (Fsp3) is 0.265.